The van der Waals surface area contributed by atoms with Crippen LogP contribution in [0.5, 0.6) is 0 Å². The lowest BCUT2D eigenvalue weighted by atomic mass is 10.3. The van der Waals surface area contributed by atoms with Gasteiger partial charge in [0.2, 0.25) is 0 Å². The van der Waals surface area contributed by atoms with Crippen LogP contribution >= 0.6 is 11.3 Å². The van der Waals surface area contributed by atoms with Crippen molar-refractivity contribution in [3.05, 3.63) is 17.0 Å². The van der Waals surface area contributed by atoms with Gasteiger partial charge in [0.25, 0.3) is 0 Å². The number of aryl methyl sites for hydroxylation is 1. The average Bonchev–Trinajstić information content (AvgIpc) is 2.33. The van der Waals surface area contributed by atoms with Crippen LogP contribution in [-0.2, 0) is 11.0 Å². The van der Waals surface area contributed by atoms with Crippen LogP contribution in [0.2, 0.25) is 0 Å². The SMILES string of the molecule is Cc1ccc(NS(=O)C(C)(C)C)s1. The van der Waals surface area contributed by atoms with Crippen molar-refractivity contribution in [3.63, 3.8) is 0 Å². The lowest BCUT2D eigenvalue weighted by Crippen LogP contribution is -2.26. The Morgan fingerprint density at radius 2 is 2.00 bits per heavy atom. The maximum Gasteiger partial charge on any atom is 0.123 e. The highest BCUT2D eigenvalue weighted by atomic mass is 32.2. The largest absolute Gasteiger partial charge is 0.296 e. The lowest BCUT2D eigenvalue weighted by Gasteiger charge is -2.17. The molecule has 0 amide bonds. The molecule has 0 fully saturated rings. The first-order valence-corrected chi connectivity index (χ1v) is 6.11. The highest BCUT2D eigenvalue weighted by molar-refractivity contribution is 7.87. The molecule has 1 N–H and O–H groups in total. The van der Waals surface area contributed by atoms with Gasteiger partial charge in [-0.2, -0.15) is 0 Å². The first-order chi connectivity index (χ1) is 5.89. The maximum absolute atomic E-state index is 11.6. The molecule has 0 aliphatic rings. The molecule has 1 aromatic rings. The third-order valence-corrected chi connectivity index (χ3v) is 4.05. The molecule has 13 heavy (non-hydrogen) atoms. The third-order valence-electron chi connectivity index (χ3n) is 1.49. The summed E-state index contributed by atoms with van der Waals surface area (Å²) in [5.74, 6) is 0. The van der Waals surface area contributed by atoms with E-state index >= 15 is 0 Å². The van der Waals surface area contributed by atoms with E-state index in [4.69, 9.17) is 0 Å². The van der Waals surface area contributed by atoms with Crippen molar-refractivity contribution in [1.29, 1.82) is 0 Å². The van der Waals surface area contributed by atoms with Gasteiger partial charge in [0, 0.05) is 4.88 Å². The summed E-state index contributed by atoms with van der Waals surface area (Å²) in [6, 6.07) is 3.98. The molecule has 0 spiro atoms. The molecule has 1 rings (SSSR count). The van der Waals surface area contributed by atoms with Crippen LogP contribution in [0, 0.1) is 6.92 Å². The molecule has 4 heteroatoms. The molecular weight excluding hydrogens is 202 g/mol. The molecule has 1 unspecified atom stereocenters. The number of thiophene rings is 1. The van der Waals surface area contributed by atoms with E-state index in [0.717, 1.165) is 5.00 Å². The van der Waals surface area contributed by atoms with Crippen molar-refractivity contribution in [3.8, 4) is 0 Å². The van der Waals surface area contributed by atoms with Crippen molar-refractivity contribution in [2.75, 3.05) is 4.72 Å². The first kappa shape index (κ1) is 10.7. The molecule has 1 heterocycles. The van der Waals surface area contributed by atoms with Gasteiger partial charge in [-0.25, -0.2) is 4.21 Å². The molecule has 0 aromatic carbocycles. The predicted octanol–water partition coefficient (Wildman–Crippen LogP) is 2.93. The van der Waals surface area contributed by atoms with Crippen LogP contribution in [0.15, 0.2) is 12.1 Å². The first-order valence-electron chi connectivity index (χ1n) is 4.14. The van der Waals surface area contributed by atoms with Crippen LogP contribution in [0.4, 0.5) is 5.00 Å². The molecule has 0 aliphatic carbocycles. The van der Waals surface area contributed by atoms with Gasteiger partial charge in [0.1, 0.15) is 16.0 Å². The second kappa shape index (κ2) is 3.80. The monoisotopic (exact) mass is 217 g/mol. The van der Waals surface area contributed by atoms with E-state index in [1.807, 2.05) is 39.8 Å². The second-order valence-corrected chi connectivity index (χ2v) is 7.15. The molecular formula is C9H15NOS2. The minimum absolute atomic E-state index is 0.210. The van der Waals surface area contributed by atoms with Gasteiger partial charge in [-0.05, 0) is 39.8 Å². The van der Waals surface area contributed by atoms with Crippen molar-refractivity contribution < 1.29 is 4.21 Å². The molecule has 0 radical (unpaired) electrons. The highest BCUT2D eigenvalue weighted by Crippen LogP contribution is 2.23. The summed E-state index contributed by atoms with van der Waals surface area (Å²) >= 11 is 1.63. The fraction of sp³-hybridized carbons (Fsp3) is 0.556. The highest BCUT2D eigenvalue weighted by Gasteiger charge is 2.19. The average molecular weight is 217 g/mol. The zero-order valence-corrected chi connectivity index (χ0v) is 10.0. The summed E-state index contributed by atoms with van der Waals surface area (Å²) in [5, 5.41) is 0.978. The number of nitrogens with one attached hydrogen (secondary N) is 1. The quantitative estimate of drug-likeness (QED) is 0.811. The van der Waals surface area contributed by atoms with Gasteiger partial charge < -0.3 is 0 Å². The third kappa shape index (κ3) is 3.12. The zero-order valence-electron chi connectivity index (χ0n) is 8.38. The molecule has 0 bridgehead atoms. The van der Waals surface area contributed by atoms with Crippen molar-refractivity contribution in [2.24, 2.45) is 0 Å². The summed E-state index contributed by atoms with van der Waals surface area (Å²) in [5.41, 5.74) is 0. The summed E-state index contributed by atoms with van der Waals surface area (Å²) in [6.45, 7) is 7.90. The lowest BCUT2D eigenvalue weighted by molar-refractivity contribution is 0.653. The van der Waals surface area contributed by atoms with E-state index in [1.165, 1.54) is 4.88 Å². The van der Waals surface area contributed by atoms with Crippen molar-refractivity contribution >= 4 is 27.3 Å². The maximum atomic E-state index is 11.6. The summed E-state index contributed by atoms with van der Waals surface area (Å²) in [7, 11) is -1.01. The predicted molar refractivity (Wildman–Crippen MR) is 60.6 cm³/mol. The number of hydrogen-bond acceptors (Lipinski definition) is 2. The van der Waals surface area contributed by atoms with Gasteiger partial charge in [0.15, 0.2) is 0 Å². The number of rotatable bonds is 2. The van der Waals surface area contributed by atoms with E-state index in [9.17, 15) is 4.21 Å². The summed E-state index contributed by atoms with van der Waals surface area (Å²) in [6.07, 6.45) is 0. The molecule has 0 saturated heterocycles. The molecule has 1 aromatic heterocycles. The Kier molecular flexibility index (Phi) is 3.14. The number of hydrogen-bond donors (Lipinski definition) is 1. The fourth-order valence-electron chi connectivity index (χ4n) is 0.734. The van der Waals surface area contributed by atoms with Crippen LogP contribution in [0.3, 0.4) is 0 Å². The van der Waals surface area contributed by atoms with Gasteiger partial charge in [0.05, 0.1) is 4.75 Å². The molecule has 74 valence electrons. The standard InChI is InChI=1S/C9H15NOS2/c1-7-5-6-8(12-7)10-13(11)9(2,3)4/h5-6,10H,1-4H3. The van der Waals surface area contributed by atoms with E-state index < -0.39 is 11.0 Å². The van der Waals surface area contributed by atoms with Crippen LogP contribution in [-0.4, -0.2) is 8.96 Å². The smallest absolute Gasteiger partial charge is 0.123 e. The summed E-state index contributed by atoms with van der Waals surface area (Å²) < 4.78 is 14.4. The molecule has 0 saturated carbocycles. The normalized spacial score (nSPS) is 14.2. The Morgan fingerprint density at radius 3 is 2.38 bits per heavy atom. The van der Waals surface area contributed by atoms with E-state index in [-0.39, 0.29) is 4.75 Å². The van der Waals surface area contributed by atoms with E-state index in [1.54, 1.807) is 11.3 Å². The molecule has 0 aliphatic heterocycles. The van der Waals surface area contributed by atoms with Gasteiger partial charge in [-0.15, -0.1) is 11.3 Å². The van der Waals surface area contributed by atoms with Crippen LogP contribution in [0.1, 0.15) is 25.6 Å². The Morgan fingerprint density at radius 1 is 1.38 bits per heavy atom. The van der Waals surface area contributed by atoms with Gasteiger partial charge in [-0.1, -0.05) is 0 Å². The van der Waals surface area contributed by atoms with Gasteiger partial charge >= 0.3 is 0 Å². The molecule has 1 atom stereocenters. The van der Waals surface area contributed by atoms with Crippen molar-refractivity contribution in [1.82, 2.24) is 0 Å². The van der Waals surface area contributed by atoms with Crippen LogP contribution in [0.25, 0.3) is 0 Å². The fourth-order valence-corrected chi connectivity index (χ4v) is 2.30. The Bertz CT molecular complexity index is 312. The van der Waals surface area contributed by atoms with Crippen molar-refractivity contribution in [2.45, 2.75) is 32.4 Å². The van der Waals surface area contributed by atoms with E-state index in [0.29, 0.717) is 0 Å². The van der Waals surface area contributed by atoms with E-state index in [2.05, 4.69) is 4.72 Å². The Balaban J connectivity index is 2.65. The second-order valence-electron chi connectivity index (χ2n) is 3.89. The molecule has 2 nitrogen and oxygen atoms in total. The minimum atomic E-state index is -1.01. The van der Waals surface area contributed by atoms with Gasteiger partial charge in [-0.3, -0.25) is 4.72 Å². The Labute approximate surface area is 86.0 Å². The minimum Gasteiger partial charge on any atom is -0.296 e. The van der Waals surface area contributed by atoms with Crippen LogP contribution < -0.4 is 4.72 Å². The summed E-state index contributed by atoms with van der Waals surface area (Å²) in [4.78, 5) is 1.23. The number of anilines is 1. The topological polar surface area (TPSA) is 29.1 Å². The zero-order chi connectivity index (χ0) is 10.1. The Hall–Kier alpha value is -0.350.